The van der Waals surface area contributed by atoms with Gasteiger partial charge in [0.15, 0.2) is 0 Å². The van der Waals surface area contributed by atoms with Crippen molar-refractivity contribution >= 4 is 39.4 Å². The van der Waals surface area contributed by atoms with Crippen LogP contribution in [0.2, 0.25) is 0 Å². The molecule has 0 unspecified atom stereocenters. The van der Waals surface area contributed by atoms with E-state index >= 15 is 0 Å². The minimum atomic E-state index is -3.79. The normalized spacial score (nSPS) is 15.3. The van der Waals surface area contributed by atoms with Gasteiger partial charge in [0.25, 0.3) is 5.91 Å². The second kappa shape index (κ2) is 7.91. The Morgan fingerprint density at radius 2 is 1.84 bits per heavy atom. The van der Waals surface area contributed by atoms with Crippen LogP contribution >= 0.6 is 0 Å². The van der Waals surface area contributed by atoms with E-state index in [0.717, 1.165) is 5.01 Å². The number of nitrogens with two attached hydrogens (primary N) is 1. The molecule has 10 heteroatoms. The minimum absolute atomic E-state index is 0.00871. The van der Waals surface area contributed by atoms with E-state index in [0.29, 0.717) is 34.1 Å². The summed E-state index contributed by atoms with van der Waals surface area (Å²) in [5.74, 6) is -0.644. The van der Waals surface area contributed by atoms with Crippen molar-refractivity contribution < 1.29 is 27.5 Å². The Hall–Kier alpha value is -4.02. The van der Waals surface area contributed by atoms with E-state index in [2.05, 4.69) is 5.10 Å². The molecule has 0 aliphatic carbocycles. The Kier molecular flexibility index (Phi) is 5.25. The number of primary sulfonamides is 1. The van der Waals surface area contributed by atoms with Crippen molar-refractivity contribution in [2.24, 2.45) is 10.2 Å². The summed E-state index contributed by atoms with van der Waals surface area (Å²) in [5.41, 5.74) is 1.78. The second-order valence-corrected chi connectivity index (χ2v) is 8.55. The largest absolute Gasteiger partial charge is 0.478 e. The maximum Gasteiger partial charge on any atom is 0.335 e. The first-order valence-electron chi connectivity index (χ1n) is 9.31. The summed E-state index contributed by atoms with van der Waals surface area (Å²) in [6.45, 7) is 1.67. The monoisotopic (exact) mass is 451 g/mol. The van der Waals surface area contributed by atoms with Gasteiger partial charge in [-0.05, 0) is 67.6 Å². The zero-order valence-electron chi connectivity index (χ0n) is 16.7. The van der Waals surface area contributed by atoms with Gasteiger partial charge in [0.05, 0.1) is 27.4 Å². The molecule has 3 aromatic rings. The highest BCUT2D eigenvalue weighted by Gasteiger charge is 2.29. The number of hydrazone groups is 1. The zero-order valence-corrected chi connectivity index (χ0v) is 17.5. The number of amides is 1. The third kappa shape index (κ3) is 4.09. The van der Waals surface area contributed by atoms with Crippen LogP contribution in [0.4, 0.5) is 5.69 Å². The summed E-state index contributed by atoms with van der Waals surface area (Å²) in [6, 6.07) is 15.2. The zero-order chi connectivity index (χ0) is 23.0. The average molecular weight is 451 g/mol. The van der Waals surface area contributed by atoms with Gasteiger partial charge in [0, 0.05) is 5.56 Å². The fourth-order valence-corrected chi connectivity index (χ4v) is 3.68. The van der Waals surface area contributed by atoms with Gasteiger partial charge in [-0.3, -0.25) is 4.79 Å². The number of carbonyl (C=O) groups excluding carboxylic acids is 1. The van der Waals surface area contributed by atoms with E-state index in [1.165, 1.54) is 24.3 Å². The van der Waals surface area contributed by atoms with E-state index in [-0.39, 0.29) is 10.5 Å². The van der Waals surface area contributed by atoms with Crippen LogP contribution in [0.15, 0.2) is 80.7 Å². The lowest BCUT2D eigenvalue weighted by molar-refractivity contribution is -0.114. The summed E-state index contributed by atoms with van der Waals surface area (Å²) >= 11 is 0. The van der Waals surface area contributed by atoms with Gasteiger partial charge in [0.1, 0.15) is 11.5 Å². The third-order valence-corrected chi connectivity index (χ3v) is 5.71. The molecule has 2 aromatic carbocycles. The van der Waals surface area contributed by atoms with Crippen molar-refractivity contribution in [3.63, 3.8) is 0 Å². The number of carboxylic acid groups (broad SMARTS) is 1. The van der Waals surface area contributed by atoms with Gasteiger partial charge in [-0.25, -0.2) is 18.4 Å². The lowest BCUT2D eigenvalue weighted by Gasteiger charge is -2.12. The average Bonchev–Trinajstić information content (AvgIpc) is 3.33. The van der Waals surface area contributed by atoms with Crippen LogP contribution in [-0.2, 0) is 14.8 Å². The van der Waals surface area contributed by atoms with Crippen molar-refractivity contribution in [3.05, 3.63) is 77.6 Å². The van der Waals surface area contributed by atoms with Gasteiger partial charge in [-0.15, -0.1) is 0 Å². The van der Waals surface area contributed by atoms with E-state index in [1.807, 2.05) is 0 Å². The Morgan fingerprint density at radius 1 is 1.12 bits per heavy atom. The Balaban J connectivity index is 1.60. The molecule has 2 heterocycles. The van der Waals surface area contributed by atoms with Gasteiger partial charge in [0.2, 0.25) is 10.0 Å². The molecule has 1 aromatic heterocycles. The smallest absolute Gasteiger partial charge is 0.335 e. The highest BCUT2D eigenvalue weighted by molar-refractivity contribution is 7.89. The summed E-state index contributed by atoms with van der Waals surface area (Å²) in [7, 11) is -3.79. The molecule has 0 saturated heterocycles. The Bertz CT molecular complexity index is 1400. The van der Waals surface area contributed by atoms with Gasteiger partial charge >= 0.3 is 5.97 Å². The number of nitrogens with zero attached hydrogens (tertiary/aromatic N) is 2. The van der Waals surface area contributed by atoms with E-state index in [4.69, 9.17) is 14.7 Å². The van der Waals surface area contributed by atoms with Crippen LogP contribution in [0.5, 0.6) is 0 Å². The van der Waals surface area contributed by atoms with Gasteiger partial charge in [-0.1, -0.05) is 6.07 Å². The first kappa shape index (κ1) is 21.2. The van der Waals surface area contributed by atoms with Crippen LogP contribution in [0, 0.1) is 0 Å². The molecule has 1 aliphatic heterocycles. The van der Waals surface area contributed by atoms with Crippen LogP contribution in [0.1, 0.15) is 23.0 Å². The number of carbonyl (C=O) groups is 2. The van der Waals surface area contributed by atoms with Crippen LogP contribution < -0.4 is 10.1 Å². The maximum atomic E-state index is 12.9. The van der Waals surface area contributed by atoms with Crippen LogP contribution in [0.3, 0.4) is 0 Å². The van der Waals surface area contributed by atoms with Crippen molar-refractivity contribution in [1.29, 1.82) is 0 Å². The molecule has 0 spiro atoms. The van der Waals surface area contributed by atoms with Crippen molar-refractivity contribution in [3.8, 4) is 11.3 Å². The molecule has 0 fully saturated rings. The van der Waals surface area contributed by atoms with E-state index in [1.54, 1.807) is 49.4 Å². The molecule has 0 atom stereocenters. The number of aromatic carboxylic acids is 1. The molecule has 162 valence electrons. The molecular weight excluding hydrogens is 434 g/mol. The highest BCUT2D eigenvalue weighted by atomic mass is 32.2. The fraction of sp³-hybridized carbons (Fsp3) is 0.0455. The lowest BCUT2D eigenvalue weighted by atomic mass is 10.1. The van der Waals surface area contributed by atoms with E-state index in [9.17, 15) is 18.0 Å². The Labute approximate surface area is 183 Å². The number of hydrogen-bond donors (Lipinski definition) is 2. The molecule has 32 heavy (non-hydrogen) atoms. The lowest BCUT2D eigenvalue weighted by Crippen LogP contribution is -2.21. The summed E-state index contributed by atoms with van der Waals surface area (Å²) in [5, 5.41) is 19.7. The number of anilines is 1. The van der Waals surface area contributed by atoms with E-state index < -0.39 is 21.9 Å². The van der Waals surface area contributed by atoms with Crippen molar-refractivity contribution in [2.45, 2.75) is 11.8 Å². The second-order valence-electron chi connectivity index (χ2n) is 6.99. The molecule has 0 saturated carbocycles. The summed E-state index contributed by atoms with van der Waals surface area (Å²) in [6.07, 6.45) is 1.55. The van der Waals surface area contributed by atoms with Gasteiger partial charge in [-0.2, -0.15) is 10.1 Å². The number of benzene rings is 2. The number of hydrogen-bond acceptors (Lipinski definition) is 6. The predicted molar refractivity (Wildman–Crippen MR) is 117 cm³/mol. The first-order chi connectivity index (χ1) is 15.1. The first-order valence-corrected chi connectivity index (χ1v) is 10.9. The highest BCUT2D eigenvalue weighted by Crippen LogP contribution is 2.28. The third-order valence-electron chi connectivity index (χ3n) is 4.78. The molecule has 9 nitrogen and oxygen atoms in total. The summed E-state index contributed by atoms with van der Waals surface area (Å²) < 4.78 is 28.6. The number of furan rings is 1. The molecular formula is C22H17N3O6S. The fourth-order valence-electron chi connectivity index (χ4n) is 3.17. The number of sulfonamides is 1. The minimum Gasteiger partial charge on any atom is -0.478 e. The Morgan fingerprint density at radius 3 is 2.50 bits per heavy atom. The standard InChI is InChI=1S/C22H17N3O6S/c1-13-19(21(26)25(24-13)16-4-2-3-15(11-16)22(27)28)12-17-7-10-20(31-17)14-5-8-18(9-6-14)32(23,29)30/h2-12H,1H3,(H,27,28)(H2,23,29,30)/b19-12-. The molecule has 0 radical (unpaired) electrons. The quantitative estimate of drug-likeness (QED) is 0.571. The maximum absolute atomic E-state index is 12.9. The summed E-state index contributed by atoms with van der Waals surface area (Å²) in [4.78, 5) is 24.1. The molecule has 4 rings (SSSR count). The molecule has 0 bridgehead atoms. The van der Waals surface area contributed by atoms with Crippen molar-refractivity contribution in [2.75, 3.05) is 5.01 Å². The SMILES string of the molecule is CC1=NN(c2cccc(C(=O)O)c2)C(=O)/C1=C\c1ccc(-c2ccc(S(N)(=O)=O)cc2)o1. The number of rotatable bonds is 5. The van der Waals surface area contributed by atoms with Crippen LogP contribution in [-0.4, -0.2) is 31.1 Å². The van der Waals surface area contributed by atoms with Crippen molar-refractivity contribution in [1.82, 2.24) is 0 Å². The number of carboxylic acids is 1. The van der Waals surface area contributed by atoms with Gasteiger partial charge < -0.3 is 9.52 Å². The predicted octanol–water partition coefficient (Wildman–Crippen LogP) is 3.10. The topological polar surface area (TPSA) is 143 Å². The molecule has 1 amide bonds. The molecule has 1 aliphatic rings. The van der Waals surface area contributed by atoms with Crippen LogP contribution in [0.25, 0.3) is 17.4 Å². The molecule has 3 N–H and O–H groups in total.